The van der Waals surface area contributed by atoms with Gasteiger partial charge in [0.15, 0.2) is 5.76 Å². The lowest BCUT2D eigenvalue weighted by Gasteiger charge is -2.36. The second-order valence-electron chi connectivity index (χ2n) is 5.48. The molecule has 0 saturated carbocycles. The van der Waals surface area contributed by atoms with Gasteiger partial charge in [0.1, 0.15) is 0 Å². The van der Waals surface area contributed by atoms with E-state index >= 15 is 0 Å². The van der Waals surface area contributed by atoms with Crippen LogP contribution >= 0.6 is 0 Å². The van der Waals surface area contributed by atoms with E-state index in [1.54, 1.807) is 17.0 Å². The summed E-state index contributed by atoms with van der Waals surface area (Å²) in [7, 11) is 0. The summed E-state index contributed by atoms with van der Waals surface area (Å²) in [6.07, 6.45) is 3.12. The van der Waals surface area contributed by atoms with Crippen LogP contribution in [0, 0.1) is 5.92 Å². The molecule has 2 saturated heterocycles. The molecule has 0 bridgehead atoms. The molecular weight excluding hydrogens is 272 g/mol. The maximum atomic E-state index is 12.4. The number of rotatable bonds is 2. The van der Waals surface area contributed by atoms with Gasteiger partial charge in [-0.05, 0) is 25.0 Å². The number of carbonyl (C=O) groups is 2. The zero-order valence-electron chi connectivity index (χ0n) is 12.0. The van der Waals surface area contributed by atoms with Gasteiger partial charge in [0, 0.05) is 45.3 Å². The van der Waals surface area contributed by atoms with E-state index in [2.05, 4.69) is 0 Å². The van der Waals surface area contributed by atoms with Crippen LogP contribution in [0.2, 0.25) is 0 Å². The van der Waals surface area contributed by atoms with E-state index in [1.165, 1.54) is 6.26 Å². The van der Waals surface area contributed by atoms with Crippen LogP contribution in [0.25, 0.3) is 0 Å². The van der Waals surface area contributed by atoms with Crippen molar-refractivity contribution < 1.29 is 18.7 Å². The molecule has 114 valence electrons. The molecule has 2 fully saturated rings. The van der Waals surface area contributed by atoms with Gasteiger partial charge in [0.25, 0.3) is 5.91 Å². The van der Waals surface area contributed by atoms with E-state index in [9.17, 15) is 9.59 Å². The van der Waals surface area contributed by atoms with Crippen molar-refractivity contribution in [1.82, 2.24) is 9.80 Å². The van der Waals surface area contributed by atoms with Gasteiger partial charge in [-0.2, -0.15) is 0 Å². The summed E-state index contributed by atoms with van der Waals surface area (Å²) in [6, 6.07) is 3.38. The molecule has 0 radical (unpaired) electrons. The summed E-state index contributed by atoms with van der Waals surface area (Å²) in [5, 5.41) is 0. The Labute approximate surface area is 123 Å². The standard InChI is InChI=1S/C15H20N2O4/c18-14(12-3-10-20-11-4-12)16-5-7-17(8-6-16)15(19)13-2-1-9-21-13/h1-2,9,12H,3-8,10-11H2. The summed E-state index contributed by atoms with van der Waals surface area (Å²) in [6.45, 7) is 3.68. The summed E-state index contributed by atoms with van der Waals surface area (Å²) in [5.41, 5.74) is 0. The summed E-state index contributed by atoms with van der Waals surface area (Å²) in [4.78, 5) is 28.2. The SMILES string of the molecule is O=C(c1ccco1)N1CCN(C(=O)C2CCOCC2)CC1. The Bertz CT molecular complexity index is 486. The van der Waals surface area contributed by atoms with Crippen LogP contribution in [-0.4, -0.2) is 61.0 Å². The third kappa shape index (κ3) is 3.10. The molecule has 2 aliphatic rings. The summed E-state index contributed by atoms with van der Waals surface area (Å²) in [5.74, 6) is 0.562. The minimum atomic E-state index is -0.0989. The van der Waals surface area contributed by atoms with Crippen molar-refractivity contribution in [1.29, 1.82) is 0 Å². The second kappa shape index (κ2) is 6.30. The highest BCUT2D eigenvalue weighted by molar-refractivity contribution is 5.91. The Kier molecular flexibility index (Phi) is 4.24. The molecule has 0 atom stereocenters. The van der Waals surface area contributed by atoms with Crippen molar-refractivity contribution in [2.45, 2.75) is 12.8 Å². The van der Waals surface area contributed by atoms with Crippen molar-refractivity contribution in [3.63, 3.8) is 0 Å². The molecule has 0 aromatic carbocycles. The third-order valence-corrected chi connectivity index (χ3v) is 4.18. The molecule has 6 nitrogen and oxygen atoms in total. The molecule has 3 rings (SSSR count). The van der Waals surface area contributed by atoms with Crippen LogP contribution in [0.3, 0.4) is 0 Å². The quantitative estimate of drug-likeness (QED) is 0.815. The fraction of sp³-hybridized carbons (Fsp3) is 0.600. The smallest absolute Gasteiger partial charge is 0.289 e. The number of carbonyl (C=O) groups excluding carboxylic acids is 2. The first kappa shape index (κ1) is 14.1. The predicted molar refractivity (Wildman–Crippen MR) is 74.7 cm³/mol. The van der Waals surface area contributed by atoms with Crippen LogP contribution < -0.4 is 0 Å². The Morgan fingerprint density at radius 2 is 1.71 bits per heavy atom. The number of piperazine rings is 1. The maximum absolute atomic E-state index is 12.4. The molecule has 2 amide bonds. The van der Waals surface area contributed by atoms with Gasteiger partial charge in [0.2, 0.25) is 5.91 Å². The number of nitrogens with zero attached hydrogens (tertiary/aromatic N) is 2. The second-order valence-corrected chi connectivity index (χ2v) is 5.48. The number of ether oxygens (including phenoxy) is 1. The minimum absolute atomic E-state index is 0.0890. The van der Waals surface area contributed by atoms with E-state index in [0.717, 1.165) is 12.8 Å². The van der Waals surface area contributed by atoms with E-state index in [0.29, 0.717) is 45.2 Å². The number of hydrogen-bond acceptors (Lipinski definition) is 4. The Hall–Kier alpha value is -1.82. The Morgan fingerprint density at radius 3 is 2.33 bits per heavy atom. The minimum Gasteiger partial charge on any atom is -0.459 e. The number of amides is 2. The normalized spacial score (nSPS) is 20.6. The molecule has 0 aliphatic carbocycles. The number of furan rings is 1. The first-order valence-corrected chi connectivity index (χ1v) is 7.45. The average molecular weight is 292 g/mol. The lowest BCUT2D eigenvalue weighted by molar-refractivity contribution is -0.140. The monoisotopic (exact) mass is 292 g/mol. The molecule has 6 heteroatoms. The van der Waals surface area contributed by atoms with Gasteiger partial charge in [-0.3, -0.25) is 9.59 Å². The zero-order chi connectivity index (χ0) is 14.7. The van der Waals surface area contributed by atoms with Gasteiger partial charge in [-0.25, -0.2) is 0 Å². The van der Waals surface area contributed by atoms with Crippen molar-refractivity contribution in [3.05, 3.63) is 24.2 Å². The fourth-order valence-electron chi connectivity index (χ4n) is 2.89. The maximum Gasteiger partial charge on any atom is 0.289 e. The van der Waals surface area contributed by atoms with Crippen molar-refractivity contribution in [3.8, 4) is 0 Å². The average Bonchev–Trinajstić information content (AvgIpc) is 3.09. The largest absolute Gasteiger partial charge is 0.459 e. The molecule has 3 heterocycles. The van der Waals surface area contributed by atoms with Crippen LogP contribution in [0.1, 0.15) is 23.4 Å². The summed E-state index contributed by atoms with van der Waals surface area (Å²) >= 11 is 0. The first-order chi connectivity index (χ1) is 10.3. The van der Waals surface area contributed by atoms with Crippen molar-refractivity contribution >= 4 is 11.8 Å². The topological polar surface area (TPSA) is 63.0 Å². The third-order valence-electron chi connectivity index (χ3n) is 4.18. The van der Waals surface area contributed by atoms with Crippen LogP contribution in [0.5, 0.6) is 0 Å². The molecule has 0 N–H and O–H groups in total. The lowest BCUT2D eigenvalue weighted by atomic mass is 9.98. The molecule has 0 spiro atoms. The van der Waals surface area contributed by atoms with Crippen molar-refractivity contribution in [2.24, 2.45) is 5.92 Å². The fourth-order valence-corrected chi connectivity index (χ4v) is 2.89. The highest BCUT2D eigenvalue weighted by atomic mass is 16.5. The highest BCUT2D eigenvalue weighted by Gasteiger charge is 2.30. The van der Waals surface area contributed by atoms with Gasteiger partial charge in [-0.1, -0.05) is 0 Å². The molecule has 0 unspecified atom stereocenters. The van der Waals surface area contributed by atoms with Gasteiger partial charge in [-0.15, -0.1) is 0 Å². The molecular formula is C15H20N2O4. The van der Waals surface area contributed by atoms with Gasteiger partial charge in [0.05, 0.1) is 6.26 Å². The van der Waals surface area contributed by atoms with Gasteiger partial charge >= 0.3 is 0 Å². The van der Waals surface area contributed by atoms with Crippen molar-refractivity contribution in [2.75, 3.05) is 39.4 Å². The summed E-state index contributed by atoms with van der Waals surface area (Å²) < 4.78 is 10.4. The van der Waals surface area contributed by atoms with Crippen LogP contribution in [0.4, 0.5) is 0 Å². The molecule has 1 aromatic rings. The number of hydrogen-bond donors (Lipinski definition) is 0. The predicted octanol–water partition coefficient (Wildman–Crippen LogP) is 0.991. The molecule has 2 aliphatic heterocycles. The van der Waals surface area contributed by atoms with E-state index in [-0.39, 0.29) is 17.7 Å². The molecule has 1 aromatic heterocycles. The van der Waals surface area contributed by atoms with E-state index in [4.69, 9.17) is 9.15 Å². The van der Waals surface area contributed by atoms with Crippen LogP contribution in [-0.2, 0) is 9.53 Å². The van der Waals surface area contributed by atoms with E-state index < -0.39 is 0 Å². The van der Waals surface area contributed by atoms with Gasteiger partial charge < -0.3 is 19.0 Å². The Morgan fingerprint density at radius 1 is 1.05 bits per heavy atom. The Balaban J connectivity index is 1.52. The zero-order valence-corrected chi connectivity index (χ0v) is 12.0. The van der Waals surface area contributed by atoms with E-state index in [1.807, 2.05) is 4.90 Å². The van der Waals surface area contributed by atoms with Crippen LogP contribution in [0.15, 0.2) is 22.8 Å². The first-order valence-electron chi connectivity index (χ1n) is 7.45. The highest BCUT2D eigenvalue weighted by Crippen LogP contribution is 2.19. The lowest BCUT2D eigenvalue weighted by Crippen LogP contribution is -2.52. The molecule has 21 heavy (non-hydrogen) atoms.